The summed E-state index contributed by atoms with van der Waals surface area (Å²) in [7, 11) is 0. The maximum atomic E-state index is 10.4. The largest absolute Gasteiger partial charge is 0.293 e. The Bertz CT molecular complexity index is 90.4. The van der Waals surface area contributed by atoms with Crippen LogP contribution in [0.1, 0.15) is 6.92 Å². The minimum atomic E-state index is 0.0480. The number of thiocarbonyl (C=S) groups is 1. The Hall–Kier alpha value is 0.110. The predicted molar refractivity (Wildman–Crippen MR) is 41.7 cm³/mol. The Kier molecular flexibility index (Phi) is 5.32. The highest BCUT2D eigenvalue weighted by molar-refractivity contribution is 8.00. The topological polar surface area (TPSA) is 17.1 Å². The van der Waals surface area contributed by atoms with Gasteiger partial charge in [-0.05, 0) is 5.75 Å². The zero-order valence-corrected chi connectivity index (χ0v) is 6.35. The molecule has 0 atom stereocenters. The van der Waals surface area contributed by atoms with E-state index in [1.807, 2.05) is 6.92 Å². The Balaban J connectivity index is 3.11. The summed E-state index contributed by atoms with van der Waals surface area (Å²) < 4.78 is 0. The first-order chi connectivity index (χ1) is 3.81. The van der Waals surface area contributed by atoms with E-state index in [0.29, 0.717) is 5.75 Å². The highest BCUT2D eigenvalue weighted by atomic mass is 32.2. The summed E-state index contributed by atoms with van der Waals surface area (Å²) in [5.41, 5.74) is 0. The van der Waals surface area contributed by atoms with Gasteiger partial charge in [0.15, 0.2) is 5.78 Å². The molecule has 3 heteroatoms. The van der Waals surface area contributed by atoms with Gasteiger partial charge >= 0.3 is 0 Å². The molecular formula is C5H8OS2. The van der Waals surface area contributed by atoms with Crippen molar-refractivity contribution in [1.29, 1.82) is 0 Å². The molecule has 1 nitrogen and oxygen atoms in total. The Morgan fingerprint density at radius 2 is 2.50 bits per heavy atom. The third kappa shape index (κ3) is 4.27. The molecule has 0 bridgehead atoms. The number of rotatable bonds is 4. The van der Waals surface area contributed by atoms with Crippen LogP contribution < -0.4 is 0 Å². The van der Waals surface area contributed by atoms with Crippen molar-refractivity contribution in [3.63, 3.8) is 0 Å². The van der Waals surface area contributed by atoms with Crippen molar-refractivity contribution in [2.24, 2.45) is 0 Å². The predicted octanol–water partition coefficient (Wildman–Crippen LogP) is 1.31. The summed E-state index contributed by atoms with van der Waals surface area (Å²) in [4.78, 5) is 10.4. The van der Waals surface area contributed by atoms with Gasteiger partial charge in [-0.1, -0.05) is 19.1 Å². The second-order valence-corrected chi connectivity index (χ2v) is 2.73. The first kappa shape index (κ1) is 8.11. The quantitative estimate of drug-likeness (QED) is 0.559. The van der Waals surface area contributed by atoms with Crippen molar-refractivity contribution in [3.8, 4) is 0 Å². The summed E-state index contributed by atoms with van der Waals surface area (Å²) in [6, 6.07) is 0. The van der Waals surface area contributed by atoms with Gasteiger partial charge in [-0.3, -0.25) is 4.79 Å². The normalized spacial score (nSPS) is 8.62. The number of Topliss-reactive ketones (excluding diaryl/α,β-unsaturated/α-hetero) is 1. The third-order valence-corrected chi connectivity index (χ3v) is 1.74. The van der Waals surface area contributed by atoms with Gasteiger partial charge in [0.2, 0.25) is 0 Å². The lowest BCUT2D eigenvalue weighted by Crippen LogP contribution is -1.99. The van der Waals surface area contributed by atoms with Crippen LogP contribution in [-0.4, -0.2) is 22.7 Å². The van der Waals surface area contributed by atoms with Gasteiger partial charge in [-0.2, -0.15) is 11.8 Å². The highest BCUT2D eigenvalue weighted by Gasteiger charge is 1.92. The van der Waals surface area contributed by atoms with Crippen LogP contribution in [0.25, 0.3) is 0 Å². The van der Waals surface area contributed by atoms with E-state index in [1.54, 1.807) is 11.8 Å². The van der Waals surface area contributed by atoms with E-state index in [2.05, 4.69) is 12.2 Å². The molecule has 0 spiro atoms. The molecule has 0 saturated heterocycles. The standard InChI is InChI=1S/C5H8OS2/c1-2-8-4-5(6)3-7/h3H,2,4H2,1H3. The van der Waals surface area contributed by atoms with E-state index in [9.17, 15) is 4.79 Å². The van der Waals surface area contributed by atoms with E-state index in [-0.39, 0.29) is 5.78 Å². The van der Waals surface area contributed by atoms with Crippen LogP contribution in [0.3, 0.4) is 0 Å². The monoisotopic (exact) mass is 148 g/mol. The van der Waals surface area contributed by atoms with Crippen molar-refractivity contribution in [3.05, 3.63) is 0 Å². The zero-order chi connectivity index (χ0) is 6.41. The van der Waals surface area contributed by atoms with E-state index in [1.165, 1.54) is 5.37 Å². The molecule has 0 aromatic heterocycles. The molecule has 0 heterocycles. The van der Waals surface area contributed by atoms with Crippen molar-refractivity contribution in [2.75, 3.05) is 11.5 Å². The molecule has 0 N–H and O–H groups in total. The molecule has 0 aliphatic carbocycles. The molecule has 0 saturated carbocycles. The van der Waals surface area contributed by atoms with Crippen molar-refractivity contribution in [2.45, 2.75) is 6.92 Å². The lowest BCUT2D eigenvalue weighted by molar-refractivity contribution is -0.110. The van der Waals surface area contributed by atoms with Gasteiger partial charge < -0.3 is 0 Å². The Morgan fingerprint density at radius 3 is 2.88 bits per heavy atom. The molecule has 0 amide bonds. The van der Waals surface area contributed by atoms with Gasteiger partial charge in [0.25, 0.3) is 0 Å². The molecule has 0 aromatic rings. The molecule has 8 heavy (non-hydrogen) atoms. The van der Waals surface area contributed by atoms with Crippen LogP contribution in [0.5, 0.6) is 0 Å². The van der Waals surface area contributed by atoms with Crippen LogP contribution in [-0.2, 0) is 4.79 Å². The van der Waals surface area contributed by atoms with E-state index < -0.39 is 0 Å². The molecule has 0 rings (SSSR count). The number of hydrogen-bond acceptors (Lipinski definition) is 3. The van der Waals surface area contributed by atoms with Crippen LogP contribution in [0.2, 0.25) is 0 Å². The minimum absolute atomic E-state index is 0.0480. The van der Waals surface area contributed by atoms with Crippen molar-refractivity contribution < 1.29 is 4.79 Å². The number of carbonyl (C=O) groups excluding carboxylic acids is 1. The van der Waals surface area contributed by atoms with E-state index >= 15 is 0 Å². The number of thioether (sulfide) groups is 1. The fourth-order valence-corrected chi connectivity index (χ4v) is 0.914. The zero-order valence-electron chi connectivity index (χ0n) is 4.72. The van der Waals surface area contributed by atoms with Crippen LogP contribution in [0, 0.1) is 0 Å². The fourth-order valence-electron chi connectivity index (χ4n) is 0.237. The number of carbonyl (C=O) groups is 1. The van der Waals surface area contributed by atoms with Crippen LogP contribution in [0.4, 0.5) is 0 Å². The average Bonchev–Trinajstić information content (AvgIpc) is 1.83. The SMILES string of the molecule is CCSCC(=O)C=S. The summed E-state index contributed by atoms with van der Waals surface area (Å²) in [6.45, 7) is 2.02. The minimum Gasteiger partial charge on any atom is -0.293 e. The molecule has 0 aliphatic heterocycles. The lowest BCUT2D eigenvalue weighted by Gasteiger charge is -1.87. The molecule has 46 valence electrons. The summed E-state index contributed by atoms with van der Waals surface area (Å²) in [5, 5.41) is 1.20. The maximum absolute atomic E-state index is 10.4. The van der Waals surface area contributed by atoms with Gasteiger partial charge in [-0.15, -0.1) is 0 Å². The second-order valence-electron chi connectivity index (χ2n) is 1.22. The van der Waals surface area contributed by atoms with Crippen LogP contribution >= 0.6 is 24.0 Å². The summed E-state index contributed by atoms with van der Waals surface area (Å²) in [5.74, 6) is 1.57. The van der Waals surface area contributed by atoms with Gasteiger partial charge in [-0.25, -0.2) is 0 Å². The Labute approximate surface area is 58.8 Å². The van der Waals surface area contributed by atoms with Gasteiger partial charge in [0, 0.05) is 5.37 Å². The molecule has 0 aliphatic rings. The fraction of sp³-hybridized carbons (Fsp3) is 0.600. The number of ketones is 1. The first-order valence-corrected chi connectivity index (χ1v) is 3.99. The van der Waals surface area contributed by atoms with E-state index in [4.69, 9.17) is 0 Å². The van der Waals surface area contributed by atoms with Gasteiger partial charge in [0.05, 0.1) is 5.75 Å². The lowest BCUT2D eigenvalue weighted by atomic mass is 10.5. The van der Waals surface area contributed by atoms with Gasteiger partial charge in [0.1, 0.15) is 0 Å². The summed E-state index contributed by atoms with van der Waals surface area (Å²) in [6.07, 6.45) is 0. The van der Waals surface area contributed by atoms with Crippen molar-refractivity contribution in [1.82, 2.24) is 0 Å². The summed E-state index contributed by atoms with van der Waals surface area (Å²) >= 11 is 5.99. The molecule has 0 unspecified atom stereocenters. The molecular weight excluding hydrogens is 140 g/mol. The average molecular weight is 148 g/mol. The molecule has 0 aromatic carbocycles. The van der Waals surface area contributed by atoms with Crippen molar-refractivity contribution >= 4 is 35.1 Å². The Morgan fingerprint density at radius 1 is 1.88 bits per heavy atom. The second kappa shape index (κ2) is 5.25. The third-order valence-electron chi connectivity index (χ3n) is 0.580. The highest BCUT2D eigenvalue weighted by Crippen LogP contribution is 1.96. The van der Waals surface area contributed by atoms with Crippen LogP contribution in [0.15, 0.2) is 0 Å². The van der Waals surface area contributed by atoms with E-state index in [0.717, 1.165) is 5.75 Å². The molecule has 0 radical (unpaired) electrons. The smallest absolute Gasteiger partial charge is 0.176 e. The maximum Gasteiger partial charge on any atom is 0.176 e. The number of hydrogen-bond donors (Lipinski definition) is 0. The molecule has 0 fully saturated rings. The first-order valence-electron chi connectivity index (χ1n) is 2.37.